The Morgan fingerprint density at radius 1 is 1.17 bits per heavy atom. The second-order valence-electron chi connectivity index (χ2n) is 7.28. The predicted molar refractivity (Wildman–Crippen MR) is 96.9 cm³/mol. The number of likely N-dealkylation sites (tertiary alicyclic amines) is 1. The van der Waals surface area contributed by atoms with Crippen molar-refractivity contribution in [3.63, 3.8) is 0 Å². The maximum atomic E-state index is 12.2. The van der Waals surface area contributed by atoms with E-state index in [2.05, 4.69) is 34.4 Å². The van der Waals surface area contributed by atoms with Gasteiger partial charge >= 0.3 is 6.03 Å². The van der Waals surface area contributed by atoms with Crippen molar-refractivity contribution in [2.45, 2.75) is 65.1 Å². The molecular formula is C18H33N5O. The Morgan fingerprint density at radius 2 is 1.88 bits per heavy atom. The molecule has 2 heterocycles. The van der Waals surface area contributed by atoms with Crippen LogP contribution in [0.1, 0.15) is 46.5 Å². The van der Waals surface area contributed by atoms with Gasteiger partial charge in [-0.25, -0.2) is 9.78 Å². The van der Waals surface area contributed by atoms with Gasteiger partial charge in [0.15, 0.2) is 0 Å². The number of carbonyl (C=O) groups excluding carboxylic acids is 1. The minimum absolute atomic E-state index is 0.0647. The van der Waals surface area contributed by atoms with Crippen molar-refractivity contribution in [1.82, 2.24) is 25.1 Å². The second kappa shape index (κ2) is 9.67. The summed E-state index contributed by atoms with van der Waals surface area (Å²) in [6, 6.07) is 0.399. The maximum Gasteiger partial charge on any atom is 0.315 e. The Bertz CT molecular complexity index is 466. The fourth-order valence-corrected chi connectivity index (χ4v) is 3.44. The average Bonchev–Trinajstić information content (AvgIpc) is 2.88. The molecule has 24 heavy (non-hydrogen) atoms. The Hall–Kier alpha value is -1.56. The van der Waals surface area contributed by atoms with Gasteiger partial charge in [0, 0.05) is 37.6 Å². The normalized spacial score (nSPS) is 18.8. The summed E-state index contributed by atoms with van der Waals surface area (Å²) in [6.45, 7) is 10.3. The summed E-state index contributed by atoms with van der Waals surface area (Å²) in [4.78, 5) is 18.8. The molecule has 2 N–H and O–H groups in total. The van der Waals surface area contributed by atoms with E-state index in [1.807, 2.05) is 17.7 Å². The lowest BCUT2D eigenvalue weighted by atomic mass is 10.0. The number of rotatable bonds is 7. The standard InChI is InChI=1S/C18H33N5O/c1-15(2)17(23-9-6-4-5-7-10-23)12-20-18(24)21-16(3)13-22-11-8-19-14-22/h8,11,14-17H,4-7,9-10,12-13H2,1-3H3,(H2,20,21,24)/t16-,17-/m0/s1. The summed E-state index contributed by atoms with van der Waals surface area (Å²) < 4.78 is 1.97. The molecular weight excluding hydrogens is 302 g/mol. The Labute approximate surface area is 146 Å². The van der Waals surface area contributed by atoms with E-state index < -0.39 is 0 Å². The summed E-state index contributed by atoms with van der Waals surface area (Å²) >= 11 is 0. The van der Waals surface area contributed by atoms with Crippen molar-refractivity contribution < 1.29 is 4.79 Å². The third kappa shape index (κ3) is 6.15. The number of hydrogen-bond acceptors (Lipinski definition) is 3. The molecule has 0 bridgehead atoms. The largest absolute Gasteiger partial charge is 0.337 e. The predicted octanol–water partition coefficient (Wildman–Crippen LogP) is 2.47. The van der Waals surface area contributed by atoms with Crippen LogP contribution < -0.4 is 10.6 Å². The van der Waals surface area contributed by atoms with Gasteiger partial charge in [-0.3, -0.25) is 4.90 Å². The highest BCUT2D eigenvalue weighted by Gasteiger charge is 2.23. The summed E-state index contributed by atoms with van der Waals surface area (Å²) in [5.74, 6) is 0.534. The monoisotopic (exact) mass is 335 g/mol. The van der Waals surface area contributed by atoms with Crippen molar-refractivity contribution in [3.05, 3.63) is 18.7 Å². The molecule has 1 fully saturated rings. The first-order valence-electron chi connectivity index (χ1n) is 9.30. The van der Waals surface area contributed by atoms with Gasteiger partial charge in [-0.2, -0.15) is 0 Å². The van der Waals surface area contributed by atoms with Gasteiger partial charge in [-0.05, 0) is 38.8 Å². The molecule has 0 radical (unpaired) electrons. The highest BCUT2D eigenvalue weighted by atomic mass is 16.2. The molecule has 0 spiro atoms. The van der Waals surface area contributed by atoms with Crippen LogP contribution >= 0.6 is 0 Å². The first-order chi connectivity index (χ1) is 11.6. The Morgan fingerprint density at radius 3 is 2.46 bits per heavy atom. The van der Waals surface area contributed by atoms with Crippen molar-refractivity contribution >= 4 is 6.03 Å². The smallest absolute Gasteiger partial charge is 0.315 e. The first-order valence-corrected chi connectivity index (χ1v) is 9.30. The molecule has 6 nitrogen and oxygen atoms in total. The summed E-state index contributed by atoms with van der Waals surface area (Å²) in [6.07, 6.45) is 10.6. The van der Waals surface area contributed by atoms with E-state index in [4.69, 9.17) is 0 Å². The van der Waals surface area contributed by atoms with E-state index in [-0.39, 0.29) is 12.1 Å². The fraction of sp³-hybridized carbons (Fsp3) is 0.778. The van der Waals surface area contributed by atoms with E-state index in [0.717, 1.165) is 19.6 Å². The minimum Gasteiger partial charge on any atom is -0.337 e. The Kier molecular flexibility index (Phi) is 7.56. The highest BCUT2D eigenvalue weighted by Crippen LogP contribution is 2.17. The molecule has 2 rings (SSSR count). The van der Waals surface area contributed by atoms with Gasteiger partial charge in [-0.15, -0.1) is 0 Å². The van der Waals surface area contributed by atoms with Crippen LogP contribution in [0.4, 0.5) is 4.79 Å². The molecule has 0 saturated carbocycles. The lowest BCUT2D eigenvalue weighted by molar-refractivity contribution is 0.156. The minimum atomic E-state index is -0.0805. The molecule has 2 atom stereocenters. The number of aromatic nitrogens is 2. The molecule has 1 aromatic heterocycles. The van der Waals surface area contributed by atoms with Crippen LogP contribution in [0.25, 0.3) is 0 Å². The zero-order chi connectivity index (χ0) is 17.4. The molecule has 6 heteroatoms. The molecule has 1 aromatic rings. The van der Waals surface area contributed by atoms with Crippen molar-refractivity contribution in [1.29, 1.82) is 0 Å². The molecule has 0 aliphatic carbocycles. The van der Waals surface area contributed by atoms with Crippen LogP contribution in [-0.4, -0.2) is 52.2 Å². The second-order valence-corrected chi connectivity index (χ2v) is 7.28. The van der Waals surface area contributed by atoms with Gasteiger partial charge < -0.3 is 15.2 Å². The zero-order valence-corrected chi connectivity index (χ0v) is 15.4. The van der Waals surface area contributed by atoms with Crippen LogP contribution in [0.15, 0.2) is 18.7 Å². The highest BCUT2D eigenvalue weighted by molar-refractivity contribution is 5.74. The summed E-state index contributed by atoms with van der Waals surface area (Å²) in [5.41, 5.74) is 0. The summed E-state index contributed by atoms with van der Waals surface area (Å²) in [5, 5.41) is 6.09. The quantitative estimate of drug-likeness (QED) is 0.805. The van der Waals surface area contributed by atoms with Gasteiger partial charge in [0.2, 0.25) is 0 Å². The topological polar surface area (TPSA) is 62.2 Å². The summed E-state index contributed by atoms with van der Waals surface area (Å²) in [7, 11) is 0. The Balaban J connectivity index is 1.76. The van der Waals surface area contributed by atoms with Crippen LogP contribution in [0.5, 0.6) is 0 Å². The lowest BCUT2D eigenvalue weighted by Crippen LogP contribution is -2.50. The molecule has 1 aliphatic rings. The number of carbonyl (C=O) groups is 1. The molecule has 1 saturated heterocycles. The molecule has 0 aromatic carbocycles. The molecule has 1 aliphatic heterocycles. The fourth-order valence-electron chi connectivity index (χ4n) is 3.44. The van der Waals surface area contributed by atoms with Crippen LogP contribution in [0, 0.1) is 5.92 Å². The number of imidazole rings is 1. The molecule has 136 valence electrons. The van der Waals surface area contributed by atoms with Gasteiger partial charge in [-0.1, -0.05) is 26.7 Å². The SMILES string of the molecule is CC(C)[C@H](CNC(=O)N[C@@H](C)Cn1ccnc1)N1CCCCCC1. The molecule has 0 unspecified atom stereocenters. The van der Waals surface area contributed by atoms with Crippen LogP contribution in [0.2, 0.25) is 0 Å². The number of nitrogens with one attached hydrogen (secondary N) is 2. The molecule has 2 amide bonds. The van der Waals surface area contributed by atoms with Gasteiger partial charge in [0.05, 0.1) is 6.33 Å². The zero-order valence-electron chi connectivity index (χ0n) is 15.4. The third-order valence-electron chi connectivity index (χ3n) is 4.77. The lowest BCUT2D eigenvalue weighted by Gasteiger charge is -2.33. The van der Waals surface area contributed by atoms with E-state index in [9.17, 15) is 4.79 Å². The van der Waals surface area contributed by atoms with E-state index in [1.165, 1.54) is 25.7 Å². The maximum absolute atomic E-state index is 12.2. The van der Waals surface area contributed by atoms with Crippen molar-refractivity contribution in [2.75, 3.05) is 19.6 Å². The van der Waals surface area contributed by atoms with Crippen LogP contribution in [-0.2, 0) is 6.54 Å². The van der Waals surface area contributed by atoms with Crippen molar-refractivity contribution in [3.8, 4) is 0 Å². The van der Waals surface area contributed by atoms with E-state index in [0.29, 0.717) is 18.5 Å². The van der Waals surface area contributed by atoms with Crippen molar-refractivity contribution in [2.24, 2.45) is 5.92 Å². The van der Waals surface area contributed by atoms with Gasteiger partial charge in [0.1, 0.15) is 0 Å². The number of hydrogen-bond donors (Lipinski definition) is 2. The number of urea groups is 1. The average molecular weight is 335 g/mol. The first kappa shape index (κ1) is 18.8. The number of amides is 2. The van der Waals surface area contributed by atoms with E-state index in [1.54, 1.807) is 12.5 Å². The third-order valence-corrected chi connectivity index (χ3v) is 4.77. The number of nitrogens with zero attached hydrogens (tertiary/aromatic N) is 3. The van der Waals surface area contributed by atoms with Gasteiger partial charge in [0.25, 0.3) is 0 Å². The van der Waals surface area contributed by atoms with Crippen LogP contribution in [0.3, 0.4) is 0 Å². The van der Waals surface area contributed by atoms with E-state index >= 15 is 0 Å².